The van der Waals surface area contributed by atoms with Gasteiger partial charge in [0.05, 0.1) is 6.10 Å². The van der Waals surface area contributed by atoms with Gasteiger partial charge in [-0.15, -0.1) is 0 Å². The van der Waals surface area contributed by atoms with Gasteiger partial charge in [0.1, 0.15) is 5.75 Å². The van der Waals surface area contributed by atoms with Crippen molar-refractivity contribution in [3.63, 3.8) is 0 Å². The molecule has 1 aliphatic carbocycles. The highest BCUT2D eigenvalue weighted by molar-refractivity contribution is 5.33. The first kappa shape index (κ1) is 8.57. The molecule has 0 amide bonds. The van der Waals surface area contributed by atoms with Crippen molar-refractivity contribution >= 4 is 0 Å². The summed E-state index contributed by atoms with van der Waals surface area (Å²) in [5.41, 5.74) is 1.26. The monoisotopic (exact) mass is 178 g/mol. The summed E-state index contributed by atoms with van der Waals surface area (Å²) in [6.07, 6.45) is 0.365. The molecular formula is C11H14O2. The molecular weight excluding hydrogens is 164 g/mol. The molecule has 0 spiro atoms. The van der Waals surface area contributed by atoms with E-state index in [0.717, 1.165) is 0 Å². The van der Waals surface area contributed by atoms with Gasteiger partial charge in [-0.3, -0.25) is 0 Å². The fourth-order valence-corrected chi connectivity index (χ4v) is 1.98. The first-order valence-electron chi connectivity index (χ1n) is 4.55. The predicted octanol–water partition coefficient (Wildman–Crippen LogP) is 2.14. The maximum atomic E-state index is 9.12. The number of hydrogen-bond acceptors (Lipinski definition) is 2. The summed E-state index contributed by atoms with van der Waals surface area (Å²) < 4.78 is 5.31. The van der Waals surface area contributed by atoms with Crippen molar-refractivity contribution in [2.75, 3.05) is 7.11 Å². The normalized spacial score (nSPS) is 31.7. The Balaban J connectivity index is 2.15. The Bertz CT molecular complexity index is 291. The molecule has 0 aliphatic heterocycles. The number of hydrogen-bond donors (Lipinski definition) is 1. The molecule has 2 rings (SSSR count). The van der Waals surface area contributed by atoms with Gasteiger partial charge in [-0.25, -0.2) is 0 Å². The molecule has 3 atom stereocenters. The van der Waals surface area contributed by atoms with Crippen LogP contribution in [0.25, 0.3) is 0 Å². The smallest absolute Gasteiger partial charge is 0.115 e. The van der Waals surface area contributed by atoms with Crippen LogP contribution >= 0.6 is 0 Å². The van der Waals surface area contributed by atoms with E-state index >= 15 is 0 Å². The molecule has 1 fully saturated rings. The third-order valence-corrected chi connectivity index (χ3v) is 2.85. The van der Waals surface area contributed by atoms with E-state index in [2.05, 4.69) is 6.92 Å². The van der Waals surface area contributed by atoms with Gasteiger partial charge in [0.25, 0.3) is 0 Å². The van der Waals surface area contributed by atoms with Crippen LogP contribution in [0.2, 0.25) is 0 Å². The second-order valence-corrected chi connectivity index (χ2v) is 3.68. The minimum absolute atomic E-state index is 0.325. The van der Waals surface area contributed by atoms with Gasteiger partial charge in [-0.2, -0.15) is 0 Å². The van der Waals surface area contributed by atoms with E-state index in [9.17, 15) is 0 Å². The van der Waals surface area contributed by atoms with E-state index in [1.807, 2.05) is 12.1 Å². The van der Waals surface area contributed by atoms with E-state index in [4.69, 9.17) is 9.84 Å². The Morgan fingerprint density at radius 2 is 1.85 bits per heavy atom. The number of rotatable bonds is 2. The molecule has 70 valence electrons. The van der Waals surface area contributed by atoms with Crippen LogP contribution in [0.5, 0.6) is 5.75 Å². The van der Waals surface area contributed by atoms with Gasteiger partial charge in [-0.05, 0) is 23.6 Å². The quantitative estimate of drug-likeness (QED) is 0.751. The van der Waals surface area contributed by atoms with Crippen LogP contribution in [0.4, 0.5) is 0 Å². The van der Waals surface area contributed by atoms with Gasteiger partial charge in [0.15, 0.2) is 0 Å². The van der Waals surface area contributed by atoms with Crippen molar-refractivity contribution in [1.29, 1.82) is 0 Å². The number of phenolic OH excluding ortho intramolecular Hbond substituents is 1. The highest BCUT2D eigenvalue weighted by Crippen LogP contribution is 2.49. The van der Waals surface area contributed by atoms with Gasteiger partial charge in [0, 0.05) is 13.0 Å². The van der Waals surface area contributed by atoms with Crippen LogP contribution in [0, 0.1) is 5.92 Å². The zero-order valence-electron chi connectivity index (χ0n) is 7.90. The maximum absolute atomic E-state index is 9.12. The van der Waals surface area contributed by atoms with Crippen LogP contribution in [-0.2, 0) is 4.74 Å². The molecule has 1 aliphatic rings. The first-order valence-corrected chi connectivity index (χ1v) is 4.55. The van der Waals surface area contributed by atoms with E-state index < -0.39 is 0 Å². The lowest BCUT2D eigenvalue weighted by atomic mass is 10.1. The molecule has 1 aromatic rings. The highest BCUT2D eigenvalue weighted by atomic mass is 16.5. The molecule has 13 heavy (non-hydrogen) atoms. The number of aromatic hydroxyl groups is 1. The standard InChI is InChI=1S/C11H14O2/c1-7-10(11(7)13-2)8-3-5-9(12)6-4-8/h3-7,10-12H,1-2H3. The molecule has 0 radical (unpaired) electrons. The Labute approximate surface area is 78.2 Å². The van der Waals surface area contributed by atoms with E-state index in [-0.39, 0.29) is 0 Å². The molecule has 1 N–H and O–H groups in total. The summed E-state index contributed by atoms with van der Waals surface area (Å²) >= 11 is 0. The number of benzene rings is 1. The molecule has 0 saturated heterocycles. The first-order chi connectivity index (χ1) is 6.24. The molecule has 2 nitrogen and oxygen atoms in total. The zero-order chi connectivity index (χ0) is 9.42. The summed E-state index contributed by atoms with van der Waals surface area (Å²) in [6.45, 7) is 2.19. The van der Waals surface area contributed by atoms with Gasteiger partial charge in [-0.1, -0.05) is 19.1 Å². The van der Waals surface area contributed by atoms with Crippen LogP contribution in [0.3, 0.4) is 0 Å². The topological polar surface area (TPSA) is 29.5 Å². The Hall–Kier alpha value is -1.02. The third-order valence-electron chi connectivity index (χ3n) is 2.85. The minimum Gasteiger partial charge on any atom is -0.508 e. The lowest BCUT2D eigenvalue weighted by Crippen LogP contribution is -1.90. The molecule has 2 heteroatoms. The maximum Gasteiger partial charge on any atom is 0.115 e. The molecule has 0 heterocycles. The van der Waals surface area contributed by atoms with Crippen molar-refractivity contribution in [1.82, 2.24) is 0 Å². The highest BCUT2D eigenvalue weighted by Gasteiger charge is 2.47. The van der Waals surface area contributed by atoms with Gasteiger partial charge < -0.3 is 9.84 Å². The Kier molecular flexibility index (Phi) is 2.00. The van der Waals surface area contributed by atoms with E-state index in [1.54, 1.807) is 19.2 Å². The van der Waals surface area contributed by atoms with Crippen molar-refractivity contribution < 1.29 is 9.84 Å². The Morgan fingerprint density at radius 3 is 2.31 bits per heavy atom. The van der Waals surface area contributed by atoms with Crippen molar-refractivity contribution in [2.24, 2.45) is 5.92 Å². The SMILES string of the molecule is COC1C(C)C1c1ccc(O)cc1. The summed E-state index contributed by atoms with van der Waals surface area (Å²) in [4.78, 5) is 0. The Morgan fingerprint density at radius 1 is 1.23 bits per heavy atom. The van der Waals surface area contributed by atoms with E-state index in [1.165, 1.54) is 5.56 Å². The van der Waals surface area contributed by atoms with Crippen molar-refractivity contribution in [2.45, 2.75) is 18.9 Å². The number of phenols is 1. The average molecular weight is 178 g/mol. The second kappa shape index (κ2) is 3.04. The van der Waals surface area contributed by atoms with Crippen LogP contribution < -0.4 is 0 Å². The van der Waals surface area contributed by atoms with E-state index in [0.29, 0.717) is 23.7 Å². The average Bonchev–Trinajstić information content (AvgIpc) is 2.78. The zero-order valence-corrected chi connectivity index (χ0v) is 7.90. The lowest BCUT2D eigenvalue weighted by molar-refractivity contribution is 0.168. The van der Waals surface area contributed by atoms with Gasteiger partial charge in [0.2, 0.25) is 0 Å². The van der Waals surface area contributed by atoms with Crippen molar-refractivity contribution in [3.05, 3.63) is 29.8 Å². The van der Waals surface area contributed by atoms with Gasteiger partial charge >= 0.3 is 0 Å². The molecule has 3 unspecified atom stereocenters. The largest absolute Gasteiger partial charge is 0.508 e. The third kappa shape index (κ3) is 1.42. The molecule has 0 aromatic heterocycles. The number of ether oxygens (including phenoxy) is 1. The molecule has 1 saturated carbocycles. The molecule has 0 bridgehead atoms. The predicted molar refractivity (Wildman–Crippen MR) is 50.8 cm³/mol. The summed E-state index contributed by atoms with van der Waals surface area (Å²) in [7, 11) is 1.75. The summed E-state index contributed by atoms with van der Waals surface area (Å²) in [5, 5.41) is 9.12. The molecule has 1 aromatic carbocycles. The number of methoxy groups -OCH3 is 1. The fourth-order valence-electron chi connectivity index (χ4n) is 1.98. The minimum atomic E-state index is 0.325. The summed E-state index contributed by atoms with van der Waals surface area (Å²) in [6, 6.07) is 7.39. The summed E-state index contributed by atoms with van der Waals surface area (Å²) in [5.74, 6) is 1.45. The second-order valence-electron chi connectivity index (χ2n) is 3.68. The van der Waals surface area contributed by atoms with Crippen LogP contribution in [0.1, 0.15) is 18.4 Å². The lowest BCUT2D eigenvalue weighted by Gasteiger charge is -1.98. The van der Waals surface area contributed by atoms with Crippen LogP contribution in [0.15, 0.2) is 24.3 Å². The van der Waals surface area contributed by atoms with Crippen LogP contribution in [-0.4, -0.2) is 18.3 Å². The van der Waals surface area contributed by atoms with Crippen molar-refractivity contribution in [3.8, 4) is 5.75 Å². The fraction of sp³-hybridized carbons (Fsp3) is 0.455.